The van der Waals surface area contributed by atoms with Gasteiger partial charge in [-0.15, -0.1) is 0 Å². The van der Waals surface area contributed by atoms with Crippen LogP contribution < -0.4 is 5.32 Å². The number of amides is 1. The molecule has 0 saturated carbocycles. The van der Waals surface area contributed by atoms with Crippen molar-refractivity contribution >= 4 is 5.91 Å². The van der Waals surface area contributed by atoms with E-state index >= 15 is 0 Å². The second kappa shape index (κ2) is 7.60. The maximum Gasteiger partial charge on any atom is 0.234 e. The Morgan fingerprint density at radius 3 is 3.12 bits per heavy atom. The van der Waals surface area contributed by atoms with E-state index in [-0.39, 0.29) is 18.6 Å². The predicted molar refractivity (Wildman–Crippen MR) is 61.2 cm³/mol. The van der Waals surface area contributed by atoms with Crippen molar-refractivity contribution < 1.29 is 14.6 Å². The summed E-state index contributed by atoms with van der Waals surface area (Å²) in [5.41, 5.74) is 0. The molecule has 94 valence electrons. The van der Waals surface area contributed by atoms with Crippen LogP contribution in [0.25, 0.3) is 0 Å². The maximum atomic E-state index is 11.5. The minimum absolute atomic E-state index is 0.0218. The summed E-state index contributed by atoms with van der Waals surface area (Å²) in [6.45, 7) is 5.27. The number of unbranched alkanes of at least 4 members (excludes halogenated alkanes) is 1. The molecule has 0 aromatic heterocycles. The lowest BCUT2D eigenvalue weighted by atomic mass is 10.3. The highest BCUT2D eigenvalue weighted by Crippen LogP contribution is 2.03. The Balaban J connectivity index is 2.17. The van der Waals surface area contributed by atoms with Crippen molar-refractivity contribution in [1.29, 1.82) is 0 Å². The van der Waals surface area contributed by atoms with Gasteiger partial charge in [-0.1, -0.05) is 13.3 Å². The van der Waals surface area contributed by atoms with Crippen LogP contribution in [0.15, 0.2) is 0 Å². The van der Waals surface area contributed by atoms with Crippen LogP contribution in [-0.4, -0.2) is 61.4 Å². The normalized spacial score (nSPS) is 22.0. The molecule has 1 aliphatic heterocycles. The minimum Gasteiger partial charge on any atom is -0.394 e. The van der Waals surface area contributed by atoms with E-state index in [9.17, 15) is 4.79 Å². The summed E-state index contributed by atoms with van der Waals surface area (Å²) in [5, 5.41) is 11.8. The molecule has 0 aromatic carbocycles. The van der Waals surface area contributed by atoms with E-state index in [1.165, 1.54) is 0 Å². The highest BCUT2D eigenvalue weighted by atomic mass is 16.5. The first-order chi connectivity index (χ1) is 7.76. The van der Waals surface area contributed by atoms with Gasteiger partial charge in [-0.05, 0) is 6.42 Å². The summed E-state index contributed by atoms with van der Waals surface area (Å²) in [7, 11) is 0. The summed E-state index contributed by atoms with van der Waals surface area (Å²) < 4.78 is 5.31. The van der Waals surface area contributed by atoms with E-state index in [0.29, 0.717) is 19.7 Å². The van der Waals surface area contributed by atoms with Crippen molar-refractivity contribution in [2.75, 3.05) is 39.4 Å². The van der Waals surface area contributed by atoms with Crippen LogP contribution in [0.5, 0.6) is 0 Å². The zero-order valence-corrected chi connectivity index (χ0v) is 9.95. The van der Waals surface area contributed by atoms with E-state index in [4.69, 9.17) is 9.84 Å². The third-order valence-corrected chi connectivity index (χ3v) is 2.65. The molecule has 0 radical (unpaired) electrons. The third-order valence-electron chi connectivity index (χ3n) is 2.65. The van der Waals surface area contributed by atoms with E-state index in [0.717, 1.165) is 25.9 Å². The van der Waals surface area contributed by atoms with Crippen LogP contribution in [0.2, 0.25) is 0 Å². The van der Waals surface area contributed by atoms with Crippen LogP contribution in [0.3, 0.4) is 0 Å². The number of aliphatic hydroxyl groups excluding tert-OH is 1. The van der Waals surface area contributed by atoms with Gasteiger partial charge in [0.2, 0.25) is 5.91 Å². The highest BCUT2D eigenvalue weighted by molar-refractivity contribution is 5.77. The molecule has 1 saturated heterocycles. The third kappa shape index (κ3) is 4.92. The van der Waals surface area contributed by atoms with Gasteiger partial charge >= 0.3 is 0 Å². The largest absolute Gasteiger partial charge is 0.394 e. The lowest BCUT2D eigenvalue weighted by molar-refractivity contribution is -0.124. The molecule has 2 N–H and O–H groups in total. The molecule has 5 heteroatoms. The SMILES string of the molecule is CCCCNC(=O)CN1CCOC(CO)C1. The van der Waals surface area contributed by atoms with Crippen molar-refractivity contribution in [3.8, 4) is 0 Å². The van der Waals surface area contributed by atoms with Gasteiger partial charge in [0.15, 0.2) is 0 Å². The number of nitrogens with zero attached hydrogens (tertiary/aromatic N) is 1. The zero-order chi connectivity index (χ0) is 11.8. The lowest BCUT2D eigenvalue weighted by Gasteiger charge is -2.31. The van der Waals surface area contributed by atoms with Gasteiger partial charge in [0.25, 0.3) is 0 Å². The van der Waals surface area contributed by atoms with Gasteiger partial charge in [-0.25, -0.2) is 0 Å². The summed E-state index contributed by atoms with van der Waals surface area (Å²) in [5.74, 6) is 0.0621. The van der Waals surface area contributed by atoms with Crippen LogP contribution in [-0.2, 0) is 9.53 Å². The van der Waals surface area contributed by atoms with Crippen molar-refractivity contribution in [2.24, 2.45) is 0 Å². The molecule has 1 atom stereocenters. The Morgan fingerprint density at radius 1 is 1.62 bits per heavy atom. The van der Waals surface area contributed by atoms with E-state index in [1.807, 2.05) is 4.90 Å². The maximum absolute atomic E-state index is 11.5. The molecule has 0 bridgehead atoms. The summed E-state index contributed by atoms with van der Waals surface area (Å²) in [6, 6.07) is 0. The smallest absolute Gasteiger partial charge is 0.234 e. The van der Waals surface area contributed by atoms with Crippen LogP contribution >= 0.6 is 0 Å². The Kier molecular flexibility index (Phi) is 6.37. The topological polar surface area (TPSA) is 61.8 Å². The molecule has 1 fully saturated rings. The summed E-state index contributed by atoms with van der Waals surface area (Å²) in [6.07, 6.45) is 1.97. The number of carbonyl (C=O) groups is 1. The fourth-order valence-corrected chi connectivity index (χ4v) is 1.70. The fourth-order valence-electron chi connectivity index (χ4n) is 1.70. The number of morpholine rings is 1. The fraction of sp³-hybridized carbons (Fsp3) is 0.909. The molecule has 1 amide bonds. The van der Waals surface area contributed by atoms with Gasteiger partial charge in [0.1, 0.15) is 0 Å². The Hall–Kier alpha value is -0.650. The number of aliphatic hydroxyl groups is 1. The first-order valence-corrected chi connectivity index (χ1v) is 5.97. The molecular formula is C11H22N2O3. The number of nitrogens with one attached hydrogen (secondary N) is 1. The van der Waals surface area contributed by atoms with Gasteiger partial charge in [-0.2, -0.15) is 0 Å². The Bertz CT molecular complexity index is 211. The first kappa shape index (κ1) is 13.4. The second-order valence-electron chi connectivity index (χ2n) is 4.11. The minimum atomic E-state index is -0.141. The number of hydrogen-bond acceptors (Lipinski definition) is 4. The van der Waals surface area contributed by atoms with Crippen molar-refractivity contribution in [1.82, 2.24) is 10.2 Å². The monoisotopic (exact) mass is 230 g/mol. The Morgan fingerprint density at radius 2 is 2.44 bits per heavy atom. The molecule has 0 spiro atoms. The van der Waals surface area contributed by atoms with Crippen molar-refractivity contribution in [2.45, 2.75) is 25.9 Å². The number of carbonyl (C=O) groups excluding carboxylic acids is 1. The average molecular weight is 230 g/mol. The molecule has 0 aromatic rings. The van der Waals surface area contributed by atoms with Crippen molar-refractivity contribution in [3.63, 3.8) is 0 Å². The average Bonchev–Trinajstić information content (AvgIpc) is 2.29. The Labute approximate surface area is 96.8 Å². The van der Waals surface area contributed by atoms with E-state index in [2.05, 4.69) is 12.2 Å². The second-order valence-corrected chi connectivity index (χ2v) is 4.11. The standard InChI is InChI=1S/C11H22N2O3/c1-2-3-4-12-11(15)8-13-5-6-16-10(7-13)9-14/h10,14H,2-9H2,1H3,(H,12,15). The van der Waals surface area contributed by atoms with Crippen molar-refractivity contribution in [3.05, 3.63) is 0 Å². The van der Waals surface area contributed by atoms with Gasteiger partial charge in [-0.3, -0.25) is 9.69 Å². The molecule has 1 aliphatic rings. The summed E-state index contributed by atoms with van der Waals surface area (Å²) in [4.78, 5) is 13.5. The molecule has 1 heterocycles. The number of ether oxygens (including phenoxy) is 1. The van der Waals surface area contributed by atoms with Crippen LogP contribution in [0, 0.1) is 0 Å². The quantitative estimate of drug-likeness (QED) is 0.609. The first-order valence-electron chi connectivity index (χ1n) is 5.97. The number of hydrogen-bond donors (Lipinski definition) is 2. The van der Waals surface area contributed by atoms with Gasteiger partial charge in [0.05, 0.1) is 25.9 Å². The lowest BCUT2D eigenvalue weighted by Crippen LogP contribution is -2.48. The molecular weight excluding hydrogens is 208 g/mol. The molecule has 16 heavy (non-hydrogen) atoms. The molecule has 1 unspecified atom stereocenters. The van der Waals surface area contributed by atoms with Gasteiger partial charge < -0.3 is 15.2 Å². The van der Waals surface area contributed by atoms with Crippen LogP contribution in [0.4, 0.5) is 0 Å². The van der Waals surface area contributed by atoms with E-state index in [1.54, 1.807) is 0 Å². The van der Waals surface area contributed by atoms with E-state index < -0.39 is 0 Å². The summed E-state index contributed by atoms with van der Waals surface area (Å²) >= 11 is 0. The predicted octanol–water partition coefficient (Wildman–Crippen LogP) is -0.404. The molecule has 1 rings (SSSR count). The highest BCUT2D eigenvalue weighted by Gasteiger charge is 2.21. The molecule has 5 nitrogen and oxygen atoms in total. The van der Waals surface area contributed by atoms with Crippen LogP contribution in [0.1, 0.15) is 19.8 Å². The molecule has 0 aliphatic carbocycles. The zero-order valence-electron chi connectivity index (χ0n) is 9.95. The number of rotatable bonds is 6. The van der Waals surface area contributed by atoms with Gasteiger partial charge in [0, 0.05) is 19.6 Å².